The van der Waals surface area contributed by atoms with Gasteiger partial charge in [-0.3, -0.25) is 4.84 Å². The van der Waals surface area contributed by atoms with Gasteiger partial charge in [0.25, 0.3) is 10.0 Å². The van der Waals surface area contributed by atoms with E-state index in [9.17, 15) is 13.2 Å². The molecule has 1 heterocycles. The molecular formula is C27H38N2O7S. The molecule has 37 heavy (non-hydrogen) atoms. The van der Waals surface area contributed by atoms with Crippen molar-refractivity contribution >= 4 is 16.1 Å². The van der Waals surface area contributed by atoms with E-state index < -0.39 is 34.4 Å². The molecule has 3 atom stereocenters. The van der Waals surface area contributed by atoms with Gasteiger partial charge in [0.05, 0.1) is 42.9 Å². The van der Waals surface area contributed by atoms with Crippen molar-refractivity contribution < 1.29 is 32.3 Å². The summed E-state index contributed by atoms with van der Waals surface area (Å²) >= 11 is 0. The second-order valence-electron chi connectivity index (χ2n) is 9.25. The van der Waals surface area contributed by atoms with E-state index in [1.165, 1.54) is 7.11 Å². The van der Waals surface area contributed by atoms with E-state index in [1.54, 1.807) is 38.1 Å². The summed E-state index contributed by atoms with van der Waals surface area (Å²) in [6.45, 7) is 6.28. The largest absolute Gasteiger partial charge is 0.444 e. The van der Waals surface area contributed by atoms with Crippen LogP contribution >= 0.6 is 0 Å². The lowest BCUT2D eigenvalue weighted by Gasteiger charge is -2.32. The molecule has 2 aromatic carbocycles. The zero-order chi connectivity index (χ0) is 26.8. The number of sulfonamides is 1. The molecule has 0 saturated carbocycles. The minimum atomic E-state index is -4.01. The zero-order valence-electron chi connectivity index (χ0n) is 22.0. The Morgan fingerprint density at radius 1 is 1.11 bits per heavy atom. The summed E-state index contributed by atoms with van der Waals surface area (Å²) in [5.74, 6) is 0. The van der Waals surface area contributed by atoms with Crippen LogP contribution in [-0.4, -0.2) is 70.2 Å². The maximum absolute atomic E-state index is 13.6. The van der Waals surface area contributed by atoms with Crippen LogP contribution in [0.1, 0.15) is 38.3 Å². The molecule has 9 nitrogen and oxygen atoms in total. The number of nitrogens with zero attached hydrogens (tertiary/aromatic N) is 1. The molecule has 3 unspecified atom stereocenters. The van der Waals surface area contributed by atoms with E-state index >= 15 is 0 Å². The van der Waals surface area contributed by atoms with Crippen LogP contribution in [0.2, 0.25) is 0 Å². The van der Waals surface area contributed by atoms with Gasteiger partial charge in [-0.2, -0.15) is 0 Å². The highest BCUT2D eigenvalue weighted by Gasteiger charge is 2.34. The smallest absolute Gasteiger partial charge is 0.407 e. The molecular weight excluding hydrogens is 496 g/mol. The van der Waals surface area contributed by atoms with Crippen LogP contribution in [0.4, 0.5) is 4.79 Å². The van der Waals surface area contributed by atoms with Crippen LogP contribution in [0.15, 0.2) is 59.5 Å². The molecule has 1 amide bonds. The second kappa shape index (κ2) is 13.9. The van der Waals surface area contributed by atoms with Crippen LogP contribution in [-0.2, 0) is 41.9 Å². The Bertz CT molecular complexity index is 1070. The Balaban J connectivity index is 1.85. The van der Waals surface area contributed by atoms with Crippen LogP contribution in [0, 0.1) is 0 Å². The van der Waals surface area contributed by atoms with Crippen molar-refractivity contribution in [3.05, 3.63) is 65.7 Å². The third kappa shape index (κ3) is 8.51. The maximum atomic E-state index is 13.6. The van der Waals surface area contributed by atoms with Crippen LogP contribution < -0.4 is 5.32 Å². The van der Waals surface area contributed by atoms with E-state index in [0.29, 0.717) is 26.1 Å². The van der Waals surface area contributed by atoms with Crippen molar-refractivity contribution in [2.24, 2.45) is 0 Å². The summed E-state index contributed by atoms with van der Waals surface area (Å²) < 4.78 is 44.7. The predicted molar refractivity (Wildman–Crippen MR) is 140 cm³/mol. The molecule has 0 aliphatic carbocycles. The minimum Gasteiger partial charge on any atom is -0.444 e. The van der Waals surface area contributed by atoms with Gasteiger partial charge in [0.1, 0.15) is 6.10 Å². The van der Waals surface area contributed by atoms with Gasteiger partial charge in [-0.25, -0.2) is 13.2 Å². The number of hydrogen-bond donors (Lipinski definition) is 1. The summed E-state index contributed by atoms with van der Waals surface area (Å²) in [5, 5.41) is 2.89. The molecule has 1 aliphatic rings. The summed E-state index contributed by atoms with van der Waals surface area (Å²) in [6.07, 6.45) is -0.232. The summed E-state index contributed by atoms with van der Waals surface area (Å²) in [5.41, 5.74) is 1.98. The van der Waals surface area contributed by atoms with Crippen molar-refractivity contribution in [2.45, 2.75) is 69.3 Å². The number of hydrogen-bond acceptors (Lipinski definition) is 7. The molecule has 204 valence electrons. The van der Waals surface area contributed by atoms with Crippen molar-refractivity contribution in [1.29, 1.82) is 0 Å². The Hall–Kier alpha value is -2.50. The van der Waals surface area contributed by atoms with E-state index in [0.717, 1.165) is 22.0 Å². The number of hydroxylamine groups is 1. The summed E-state index contributed by atoms with van der Waals surface area (Å²) in [6, 6.07) is 15.7. The Morgan fingerprint density at radius 3 is 2.38 bits per heavy atom. The molecule has 0 aromatic heterocycles. The number of methoxy groups -OCH3 is 1. The Kier molecular flexibility index (Phi) is 10.9. The summed E-state index contributed by atoms with van der Waals surface area (Å²) in [4.78, 5) is 18.6. The molecule has 1 N–H and O–H groups in total. The zero-order valence-corrected chi connectivity index (χ0v) is 22.8. The number of carbonyl (C=O) groups is 1. The third-order valence-corrected chi connectivity index (χ3v) is 7.71. The van der Waals surface area contributed by atoms with Gasteiger partial charge in [-0.1, -0.05) is 53.9 Å². The van der Waals surface area contributed by atoms with Gasteiger partial charge in [-0.15, -0.1) is 0 Å². The number of nitrogens with one attached hydrogen (secondary N) is 1. The van der Waals surface area contributed by atoms with Crippen LogP contribution in [0.25, 0.3) is 0 Å². The van der Waals surface area contributed by atoms with E-state index in [4.69, 9.17) is 19.0 Å². The Morgan fingerprint density at radius 2 is 1.81 bits per heavy atom. The Labute approximate surface area is 220 Å². The number of alkyl carbamates (subject to hydrolysis) is 1. The molecule has 2 aromatic rings. The highest BCUT2D eigenvalue weighted by Crippen LogP contribution is 2.21. The molecule has 3 rings (SSSR count). The molecule has 1 fully saturated rings. The van der Waals surface area contributed by atoms with Gasteiger partial charge in [-0.05, 0) is 49.9 Å². The lowest BCUT2D eigenvalue weighted by Crippen LogP contribution is -2.52. The highest BCUT2D eigenvalue weighted by atomic mass is 32.2. The topological polar surface area (TPSA) is 103 Å². The molecule has 1 saturated heterocycles. The van der Waals surface area contributed by atoms with Crippen molar-refractivity contribution in [3.8, 4) is 0 Å². The van der Waals surface area contributed by atoms with Crippen molar-refractivity contribution in [1.82, 2.24) is 9.79 Å². The van der Waals surface area contributed by atoms with Gasteiger partial charge in [0.15, 0.2) is 0 Å². The quantitative estimate of drug-likeness (QED) is 0.391. The maximum Gasteiger partial charge on any atom is 0.407 e. The first kappa shape index (κ1) is 29.1. The first-order valence-electron chi connectivity index (χ1n) is 12.6. The van der Waals surface area contributed by atoms with E-state index in [-0.39, 0.29) is 17.5 Å². The van der Waals surface area contributed by atoms with Crippen LogP contribution in [0.3, 0.4) is 0 Å². The predicted octanol–water partition coefficient (Wildman–Crippen LogP) is 3.72. The number of carbonyl (C=O) groups excluding carboxylic acids is 1. The first-order valence-corrected chi connectivity index (χ1v) is 14.1. The average Bonchev–Trinajstić information content (AvgIpc) is 3.39. The van der Waals surface area contributed by atoms with Gasteiger partial charge < -0.3 is 19.5 Å². The second-order valence-corrected chi connectivity index (χ2v) is 11.1. The first-order chi connectivity index (χ1) is 17.7. The highest BCUT2D eigenvalue weighted by molar-refractivity contribution is 7.89. The van der Waals surface area contributed by atoms with Gasteiger partial charge >= 0.3 is 6.09 Å². The van der Waals surface area contributed by atoms with Crippen molar-refractivity contribution in [3.63, 3.8) is 0 Å². The average molecular weight is 535 g/mol. The number of amides is 1. The van der Waals surface area contributed by atoms with E-state index in [2.05, 4.69) is 5.32 Å². The number of ether oxygens (including phenoxy) is 3. The fourth-order valence-electron chi connectivity index (χ4n) is 4.05. The molecule has 0 spiro atoms. The fraction of sp³-hybridized carbons (Fsp3) is 0.519. The molecule has 10 heteroatoms. The lowest BCUT2D eigenvalue weighted by atomic mass is 10.0. The van der Waals surface area contributed by atoms with Gasteiger partial charge in [0.2, 0.25) is 0 Å². The van der Waals surface area contributed by atoms with E-state index in [1.807, 2.05) is 37.3 Å². The number of aryl methyl sites for hydroxylation is 1. The number of benzene rings is 2. The third-order valence-electron chi connectivity index (χ3n) is 6.07. The minimum absolute atomic E-state index is 0.119. The SMILES string of the molecule is CCc1ccc(S(=O)(=O)N(CC(OC)C(Cc2ccccc2)NC(=O)OC2CCOC2)OC(C)C)cc1. The van der Waals surface area contributed by atoms with Gasteiger partial charge in [0, 0.05) is 13.5 Å². The molecule has 0 bridgehead atoms. The molecule has 0 radical (unpaired) electrons. The standard InChI is InChI=1S/C27H38N2O7S/c1-5-21-11-13-24(14-12-21)37(31,32)29(36-20(2)3)18-26(33-4)25(17-22-9-7-6-8-10-22)28-27(30)35-23-15-16-34-19-23/h6-14,20,23,25-26H,5,15-19H2,1-4H3,(H,28,30). The van der Waals surface area contributed by atoms with Crippen LogP contribution in [0.5, 0.6) is 0 Å². The fourth-order valence-corrected chi connectivity index (χ4v) is 5.39. The molecule has 1 aliphatic heterocycles. The number of rotatable bonds is 13. The summed E-state index contributed by atoms with van der Waals surface area (Å²) in [7, 11) is -2.53. The normalized spacial score (nSPS) is 17.6. The lowest BCUT2D eigenvalue weighted by molar-refractivity contribution is -0.139. The monoisotopic (exact) mass is 534 g/mol. The van der Waals surface area contributed by atoms with Crippen molar-refractivity contribution in [2.75, 3.05) is 26.9 Å².